The van der Waals surface area contributed by atoms with E-state index >= 15 is 0 Å². The van der Waals surface area contributed by atoms with Crippen LogP contribution in [-0.2, 0) is 0 Å². The molecule has 1 N–H and O–H groups in total. The van der Waals surface area contributed by atoms with Crippen molar-refractivity contribution in [2.75, 3.05) is 11.4 Å². The van der Waals surface area contributed by atoms with Gasteiger partial charge in [0.05, 0.1) is 18.4 Å². The predicted octanol–water partition coefficient (Wildman–Crippen LogP) is 4.43. The van der Waals surface area contributed by atoms with E-state index in [4.69, 9.17) is 0 Å². The van der Waals surface area contributed by atoms with Crippen LogP contribution in [0.3, 0.4) is 0 Å². The third-order valence-electron chi connectivity index (χ3n) is 4.42. The van der Waals surface area contributed by atoms with Gasteiger partial charge in [-0.05, 0) is 44.0 Å². The molecule has 1 unspecified atom stereocenters. The molecule has 5 nitrogen and oxygen atoms in total. The van der Waals surface area contributed by atoms with E-state index in [0.717, 1.165) is 23.6 Å². The van der Waals surface area contributed by atoms with Gasteiger partial charge in [-0.15, -0.1) is 0 Å². The Morgan fingerprint density at radius 1 is 1.07 bits per heavy atom. The fourth-order valence-electron chi connectivity index (χ4n) is 2.95. The first-order valence-corrected chi connectivity index (χ1v) is 9.10. The standard InChI is InChI=1S/C22H24N4O/c1-4-26(19-12-8-9-16(2)13-19)21-15-23-20(14-24-21)22(27)25-17(3)18-10-6-5-7-11-18/h5-15,17H,4H2,1-3H3,(H,25,27). The fourth-order valence-corrected chi connectivity index (χ4v) is 2.95. The molecule has 0 fully saturated rings. The van der Waals surface area contributed by atoms with Crippen molar-refractivity contribution in [3.63, 3.8) is 0 Å². The largest absolute Gasteiger partial charge is 0.344 e. The molecule has 0 bridgehead atoms. The fraction of sp³-hybridized carbons (Fsp3) is 0.227. The third-order valence-corrected chi connectivity index (χ3v) is 4.42. The summed E-state index contributed by atoms with van der Waals surface area (Å²) in [7, 11) is 0. The number of aromatic nitrogens is 2. The number of rotatable bonds is 6. The molecule has 3 rings (SSSR count). The lowest BCUT2D eigenvalue weighted by atomic mass is 10.1. The summed E-state index contributed by atoms with van der Waals surface area (Å²) < 4.78 is 0. The Bertz CT molecular complexity index is 894. The average Bonchev–Trinajstić information content (AvgIpc) is 2.70. The molecular weight excluding hydrogens is 336 g/mol. The summed E-state index contributed by atoms with van der Waals surface area (Å²) in [4.78, 5) is 23.3. The van der Waals surface area contributed by atoms with Crippen LogP contribution in [-0.4, -0.2) is 22.4 Å². The molecule has 0 radical (unpaired) electrons. The summed E-state index contributed by atoms with van der Waals surface area (Å²) in [6.07, 6.45) is 3.18. The van der Waals surface area contributed by atoms with Crippen LogP contribution in [0.15, 0.2) is 67.0 Å². The van der Waals surface area contributed by atoms with E-state index in [9.17, 15) is 4.79 Å². The number of benzene rings is 2. The first-order valence-electron chi connectivity index (χ1n) is 9.10. The minimum atomic E-state index is -0.232. The van der Waals surface area contributed by atoms with Gasteiger partial charge in [-0.1, -0.05) is 42.5 Å². The molecule has 3 aromatic rings. The molecule has 1 atom stereocenters. The predicted molar refractivity (Wildman–Crippen MR) is 108 cm³/mol. The zero-order valence-corrected chi connectivity index (χ0v) is 15.9. The topological polar surface area (TPSA) is 58.1 Å². The lowest BCUT2D eigenvalue weighted by Gasteiger charge is -2.22. The highest BCUT2D eigenvalue weighted by Gasteiger charge is 2.15. The Balaban J connectivity index is 1.73. The van der Waals surface area contributed by atoms with Crippen LogP contribution in [0, 0.1) is 6.92 Å². The van der Waals surface area contributed by atoms with Gasteiger partial charge < -0.3 is 10.2 Å². The Hall–Kier alpha value is -3.21. The van der Waals surface area contributed by atoms with Crippen molar-refractivity contribution in [2.24, 2.45) is 0 Å². The number of nitrogens with one attached hydrogen (secondary N) is 1. The van der Waals surface area contributed by atoms with Crippen molar-refractivity contribution < 1.29 is 4.79 Å². The first kappa shape index (κ1) is 18.6. The van der Waals surface area contributed by atoms with Crippen LogP contribution < -0.4 is 10.2 Å². The molecule has 1 heterocycles. The molecule has 0 aliphatic carbocycles. The van der Waals surface area contributed by atoms with E-state index < -0.39 is 0 Å². The van der Waals surface area contributed by atoms with Crippen LogP contribution in [0.25, 0.3) is 0 Å². The summed E-state index contributed by atoms with van der Waals surface area (Å²) in [6, 6.07) is 18.0. The van der Waals surface area contributed by atoms with Crippen molar-refractivity contribution in [1.82, 2.24) is 15.3 Å². The van der Waals surface area contributed by atoms with Gasteiger partial charge in [-0.25, -0.2) is 9.97 Å². The highest BCUT2D eigenvalue weighted by atomic mass is 16.1. The smallest absolute Gasteiger partial charge is 0.271 e. The number of carbonyl (C=O) groups excluding carboxylic acids is 1. The minimum Gasteiger partial charge on any atom is -0.344 e. The number of anilines is 2. The quantitative estimate of drug-likeness (QED) is 0.706. The average molecular weight is 360 g/mol. The second-order valence-electron chi connectivity index (χ2n) is 6.45. The molecule has 1 amide bonds. The molecule has 0 saturated carbocycles. The Labute approximate surface area is 160 Å². The minimum absolute atomic E-state index is 0.0976. The van der Waals surface area contributed by atoms with Gasteiger partial charge in [0, 0.05) is 12.2 Å². The Kier molecular flexibility index (Phi) is 5.81. The second kappa shape index (κ2) is 8.45. The SMILES string of the molecule is CCN(c1cccc(C)c1)c1cnc(C(=O)NC(C)c2ccccc2)cn1. The molecule has 0 spiro atoms. The number of carbonyl (C=O) groups is 1. The second-order valence-corrected chi connectivity index (χ2v) is 6.45. The summed E-state index contributed by atoms with van der Waals surface area (Å²) >= 11 is 0. The van der Waals surface area contributed by atoms with Crippen molar-refractivity contribution in [1.29, 1.82) is 0 Å². The zero-order valence-electron chi connectivity index (χ0n) is 15.9. The van der Waals surface area contributed by atoms with Gasteiger partial charge in [0.2, 0.25) is 0 Å². The maximum Gasteiger partial charge on any atom is 0.271 e. The van der Waals surface area contributed by atoms with Gasteiger partial charge >= 0.3 is 0 Å². The number of hydrogen-bond donors (Lipinski definition) is 1. The van der Waals surface area contributed by atoms with Gasteiger partial charge in [-0.3, -0.25) is 4.79 Å². The molecule has 1 aromatic heterocycles. The number of amides is 1. The monoisotopic (exact) mass is 360 g/mol. The summed E-state index contributed by atoms with van der Waals surface area (Å²) in [5, 5.41) is 2.96. The van der Waals surface area contributed by atoms with Gasteiger partial charge in [0.1, 0.15) is 5.69 Å². The normalized spacial score (nSPS) is 11.7. The zero-order chi connectivity index (χ0) is 19.2. The van der Waals surface area contributed by atoms with Crippen LogP contribution >= 0.6 is 0 Å². The molecular formula is C22H24N4O. The molecule has 5 heteroatoms. The van der Waals surface area contributed by atoms with Gasteiger partial charge in [-0.2, -0.15) is 0 Å². The number of hydrogen-bond acceptors (Lipinski definition) is 4. The first-order chi connectivity index (χ1) is 13.1. The molecule has 0 aliphatic heterocycles. The van der Waals surface area contributed by atoms with E-state index in [0.29, 0.717) is 5.69 Å². The van der Waals surface area contributed by atoms with Gasteiger partial charge in [0.25, 0.3) is 5.91 Å². The highest BCUT2D eigenvalue weighted by molar-refractivity contribution is 5.92. The van der Waals surface area contributed by atoms with Crippen LogP contribution in [0.4, 0.5) is 11.5 Å². The van der Waals surface area contributed by atoms with E-state index in [1.165, 1.54) is 11.8 Å². The number of aryl methyl sites for hydroxylation is 1. The maximum absolute atomic E-state index is 12.5. The summed E-state index contributed by atoms with van der Waals surface area (Å²) in [5.74, 6) is 0.486. The molecule has 0 aliphatic rings. The molecule has 2 aromatic carbocycles. The Morgan fingerprint density at radius 2 is 1.85 bits per heavy atom. The van der Waals surface area contributed by atoms with Crippen molar-refractivity contribution in [3.05, 3.63) is 83.8 Å². The van der Waals surface area contributed by atoms with Crippen LogP contribution in [0.1, 0.15) is 41.5 Å². The van der Waals surface area contributed by atoms with Crippen molar-refractivity contribution in [3.8, 4) is 0 Å². The number of nitrogens with zero attached hydrogens (tertiary/aromatic N) is 3. The van der Waals surface area contributed by atoms with Crippen molar-refractivity contribution >= 4 is 17.4 Å². The maximum atomic E-state index is 12.5. The van der Waals surface area contributed by atoms with E-state index in [-0.39, 0.29) is 11.9 Å². The van der Waals surface area contributed by atoms with Crippen LogP contribution in [0.5, 0.6) is 0 Å². The lowest BCUT2D eigenvalue weighted by Crippen LogP contribution is -2.28. The molecule has 27 heavy (non-hydrogen) atoms. The molecule has 138 valence electrons. The van der Waals surface area contributed by atoms with E-state index in [1.807, 2.05) is 49.4 Å². The van der Waals surface area contributed by atoms with E-state index in [1.54, 1.807) is 6.20 Å². The lowest BCUT2D eigenvalue weighted by molar-refractivity contribution is 0.0934. The third kappa shape index (κ3) is 4.50. The summed E-state index contributed by atoms with van der Waals surface area (Å²) in [5.41, 5.74) is 3.60. The molecule has 0 saturated heterocycles. The Morgan fingerprint density at radius 3 is 2.48 bits per heavy atom. The van der Waals surface area contributed by atoms with E-state index in [2.05, 4.69) is 46.2 Å². The van der Waals surface area contributed by atoms with Gasteiger partial charge in [0.15, 0.2) is 5.82 Å². The van der Waals surface area contributed by atoms with Crippen LogP contribution in [0.2, 0.25) is 0 Å². The highest BCUT2D eigenvalue weighted by Crippen LogP contribution is 2.23. The van der Waals surface area contributed by atoms with Crippen molar-refractivity contribution in [2.45, 2.75) is 26.8 Å². The summed E-state index contributed by atoms with van der Waals surface area (Å²) in [6.45, 7) is 6.83.